The minimum Gasteiger partial charge on any atom is -0.464 e. The summed E-state index contributed by atoms with van der Waals surface area (Å²) in [5.74, 6) is -4.17. The fourth-order valence-corrected chi connectivity index (χ4v) is 6.13. The quantitative estimate of drug-likeness (QED) is 0.207. The molecule has 0 saturated heterocycles. The van der Waals surface area contributed by atoms with Gasteiger partial charge in [0.25, 0.3) is 11.5 Å². The maximum Gasteiger partial charge on any atom is 0.474 e. The molecule has 0 aliphatic carbocycles. The van der Waals surface area contributed by atoms with Crippen LogP contribution in [0.15, 0.2) is 50.5 Å². The maximum atomic E-state index is 14.4. The zero-order chi connectivity index (χ0) is 32.0. The lowest BCUT2D eigenvalue weighted by Gasteiger charge is -2.30. The molecule has 0 fully saturated rings. The van der Waals surface area contributed by atoms with Gasteiger partial charge in [-0.1, -0.05) is 46.9 Å². The number of hydrogen-bond acceptors (Lipinski definition) is 6. The van der Waals surface area contributed by atoms with Crippen molar-refractivity contribution in [3.05, 3.63) is 68.4 Å². The molecule has 4 rings (SSSR count). The molecule has 18 heteroatoms. The molecule has 2 atom stereocenters. The summed E-state index contributed by atoms with van der Waals surface area (Å²) in [4.78, 5) is 29.1. The number of furan rings is 1. The van der Waals surface area contributed by atoms with E-state index in [0.717, 1.165) is 12.1 Å². The molecule has 0 bridgehead atoms. The second kappa shape index (κ2) is 11.8. The normalized spacial score (nSPS) is 18.6. The van der Waals surface area contributed by atoms with E-state index in [0.29, 0.717) is 0 Å². The first-order valence-corrected chi connectivity index (χ1v) is 15.0. The number of halogens is 9. The number of benzene rings is 2. The van der Waals surface area contributed by atoms with Gasteiger partial charge in [0.15, 0.2) is 0 Å². The molecule has 2 aromatic carbocycles. The first kappa shape index (κ1) is 32.9. The Bertz CT molecular complexity index is 1740. The monoisotopic (exact) mass is 691 g/mol. The summed E-state index contributed by atoms with van der Waals surface area (Å²) >= 11 is 17.8. The Labute approximate surface area is 254 Å². The summed E-state index contributed by atoms with van der Waals surface area (Å²) < 4.78 is 102. The Balaban J connectivity index is 1.59. The molecule has 8 nitrogen and oxygen atoms in total. The zero-order valence-corrected chi connectivity index (χ0v) is 24.6. The summed E-state index contributed by atoms with van der Waals surface area (Å²) in [5.41, 5.74) is -3.55. The van der Waals surface area contributed by atoms with Crippen LogP contribution in [0.4, 0.5) is 26.3 Å². The average molecular weight is 693 g/mol. The number of hydrogen-bond donors (Lipinski definition) is 1. The smallest absolute Gasteiger partial charge is 0.464 e. The number of nitrogens with one attached hydrogen (secondary N) is 1. The second-order valence-electron chi connectivity index (χ2n) is 9.12. The Morgan fingerprint density at radius 1 is 1.09 bits per heavy atom. The minimum absolute atomic E-state index is 0.0109. The van der Waals surface area contributed by atoms with Crippen molar-refractivity contribution in [2.75, 3.05) is 18.1 Å². The topological polar surface area (TPSA) is 110 Å². The van der Waals surface area contributed by atoms with E-state index in [9.17, 15) is 40.1 Å². The van der Waals surface area contributed by atoms with Crippen LogP contribution in [-0.2, 0) is 25.0 Å². The number of amides is 2. The number of carbonyl (C=O) groups excluding carboxylic acids is 2. The van der Waals surface area contributed by atoms with Gasteiger partial charge in [-0.2, -0.15) is 30.7 Å². The van der Waals surface area contributed by atoms with E-state index in [-0.39, 0.29) is 48.6 Å². The van der Waals surface area contributed by atoms with Crippen molar-refractivity contribution in [3.8, 4) is 0 Å². The molecule has 43 heavy (non-hydrogen) atoms. The van der Waals surface area contributed by atoms with E-state index in [2.05, 4.69) is 14.8 Å². The van der Waals surface area contributed by atoms with E-state index in [1.54, 1.807) is 0 Å². The van der Waals surface area contributed by atoms with Crippen LogP contribution in [0.3, 0.4) is 0 Å². The first-order valence-electron chi connectivity index (χ1n) is 12.0. The highest BCUT2D eigenvalue weighted by atomic mass is 35.5. The molecule has 1 aliphatic heterocycles. The lowest BCUT2D eigenvalue weighted by atomic mass is 9.86. The summed E-state index contributed by atoms with van der Waals surface area (Å²) in [6.45, 7) is 0.881. The van der Waals surface area contributed by atoms with Gasteiger partial charge in [0.1, 0.15) is 5.58 Å². The van der Waals surface area contributed by atoms with Crippen LogP contribution in [0.1, 0.15) is 34.8 Å². The first-order chi connectivity index (χ1) is 19.9. The van der Waals surface area contributed by atoms with Crippen molar-refractivity contribution in [1.29, 1.82) is 0 Å². The minimum atomic E-state index is -5.29. The van der Waals surface area contributed by atoms with Crippen LogP contribution < -0.4 is 5.32 Å². The van der Waals surface area contributed by atoms with Gasteiger partial charge in [0.05, 0.1) is 48.8 Å². The van der Waals surface area contributed by atoms with Crippen LogP contribution in [0.5, 0.6) is 0 Å². The van der Waals surface area contributed by atoms with Gasteiger partial charge in [-0.05, 0) is 30.3 Å². The third-order valence-corrected chi connectivity index (χ3v) is 9.90. The third kappa shape index (κ3) is 6.44. The molecule has 2 amide bonds. The average Bonchev–Trinajstić information content (AvgIpc) is 3.59. The molecule has 0 spiro atoms. The summed E-state index contributed by atoms with van der Waals surface area (Å²) in [7, 11) is -3.61. The van der Waals surface area contributed by atoms with Crippen molar-refractivity contribution in [2.45, 2.75) is 31.3 Å². The van der Waals surface area contributed by atoms with Gasteiger partial charge >= 0.3 is 18.3 Å². The third-order valence-electron chi connectivity index (χ3n) is 6.46. The molecule has 2 unspecified atom stereocenters. The summed E-state index contributed by atoms with van der Waals surface area (Å²) in [6.07, 6.45) is -9.92. The SMILES string of the molecule is CCS(=O)(CCNC(=O)c1ccc(C2=NOC(c3cc(Cl)c(Cl)c(Cl)c3)(C(F)(F)F)C2)c2occc12)=NC(=O)C(F)(F)F. The van der Waals surface area contributed by atoms with Gasteiger partial charge in [0, 0.05) is 34.6 Å². The number of alkyl halides is 6. The van der Waals surface area contributed by atoms with Crippen LogP contribution in [0.25, 0.3) is 11.0 Å². The number of fused-ring (bicyclic) bond motifs is 1. The molecule has 3 aromatic rings. The van der Waals surface area contributed by atoms with Gasteiger partial charge in [-0.25, -0.2) is 4.21 Å². The lowest BCUT2D eigenvalue weighted by Crippen LogP contribution is -2.42. The zero-order valence-electron chi connectivity index (χ0n) is 21.5. The van der Waals surface area contributed by atoms with Gasteiger partial charge in [-0.15, -0.1) is 0 Å². The van der Waals surface area contributed by atoms with Gasteiger partial charge in [-0.3, -0.25) is 9.59 Å². The Hall–Kier alpha value is -3.01. The number of nitrogens with zero attached hydrogens (tertiary/aromatic N) is 2. The second-order valence-corrected chi connectivity index (χ2v) is 13.0. The largest absolute Gasteiger partial charge is 0.474 e. The van der Waals surface area contributed by atoms with Crippen LogP contribution in [0.2, 0.25) is 15.1 Å². The van der Waals surface area contributed by atoms with Gasteiger partial charge < -0.3 is 14.6 Å². The Morgan fingerprint density at radius 3 is 2.33 bits per heavy atom. The molecule has 1 aromatic heterocycles. The van der Waals surface area contributed by atoms with Crippen molar-refractivity contribution in [2.24, 2.45) is 9.52 Å². The van der Waals surface area contributed by atoms with Crippen LogP contribution >= 0.6 is 34.8 Å². The number of carbonyl (C=O) groups is 2. The molecule has 0 saturated carbocycles. The summed E-state index contributed by atoms with van der Waals surface area (Å²) in [6, 6.07) is 5.86. The van der Waals surface area contributed by atoms with Crippen LogP contribution in [0, 0.1) is 0 Å². The molecule has 2 heterocycles. The molecule has 1 aliphatic rings. The molecular weight excluding hydrogens is 675 g/mol. The Kier molecular flexibility index (Phi) is 9.04. The highest BCUT2D eigenvalue weighted by Gasteiger charge is 2.62. The summed E-state index contributed by atoms with van der Waals surface area (Å²) in [5, 5.41) is 5.62. The molecule has 232 valence electrons. The van der Waals surface area contributed by atoms with Crippen molar-refractivity contribution in [3.63, 3.8) is 0 Å². The predicted molar refractivity (Wildman–Crippen MR) is 147 cm³/mol. The predicted octanol–water partition coefficient (Wildman–Crippen LogP) is 7.28. The van der Waals surface area contributed by atoms with E-state index < -0.39 is 63.8 Å². The fourth-order valence-electron chi connectivity index (χ4n) is 4.20. The van der Waals surface area contributed by atoms with Gasteiger partial charge in [0.2, 0.25) is 0 Å². The fraction of sp³-hybridized carbons (Fsp3) is 0.320. The highest BCUT2D eigenvalue weighted by molar-refractivity contribution is 7.93. The molecule has 0 radical (unpaired) electrons. The van der Waals surface area contributed by atoms with E-state index in [1.165, 1.54) is 31.4 Å². The van der Waals surface area contributed by atoms with Crippen molar-refractivity contribution >= 4 is 73.0 Å². The standard InChI is InChI=1S/C25H18Cl3F6N3O5S/c1-2-43(40,37-22(39)24(29,30)31)8-6-35-21(38)14-3-4-15(20-13(14)5-7-41-20)18-11-23(42-36-18,25(32,33)34)12-9-16(26)19(28)17(27)10-12/h3-5,7,9-10H,2,6,8,11H2,1H3,(H,35,38). The van der Waals surface area contributed by atoms with Crippen LogP contribution in [-0.4, -0.2) is 52.1 Å². The highest BCUT2D eigenvalue weighted by Crippen LogP contribution is 2.51. The van der Waals surface area contributed by atoms with E-state index in [1.807, 2.05) is 0 Å². The maximum absolute atomic E-state index is 14.4. The van der Waals surface area contributed by atoms with E-state index in [4.69, 9.17) is 44.1 Å². The lowest BCUT2D eigenvalue weighted by molar-refractivity contribution is -0.275. The Morgan fingerprint density at radius 2 is 1.74 bits per heavy atom. The number of rotatable bonds is 7. The molecular formula is C25H18Cl3F6N3O5S. The number of oxime groups is 1. The van der Waals surface area contributed by atoms with Crippen molar-refractivity contribution < 1.29 is 49.4 Å². The molecule has 1 N–H and O–H groups in total. The van der Waals surface area contributed by atoms with Crippen molar-refractivity contribution in [1.82, 2.24) is 5.32 Å². The van der Waals surface area contributed by atoms with E-state index >= 15 is 0 Å².